The number of likely N-dealkylation sites (tertiary alicyclic amines) is 1. The zero-order chi connectivity index (χ0) is 21.1. The molecule has 30 heavy (non-hydrogen) atoms. The fourth-order valence-electron chi connectivity index (χ4n) is 3.82. The Kier molecular flexibility index (Phi) is 6.11. The van der Waals surface area contributed by atoms with Crippen LogP contribution in [0.1, 0.15) is 24.0 Å². The summed E-state index contributed by atoms with van der Waals surface area (Å²) < 4.78 is 7.52. The maximum Gasteiger partial charge on any atom is 0.292 e. The van der Waals surface area contributed by atoms with Gasteiger partial charge < -0.3 is 14.6 Å². The second-order valence-electron chi connectivity index (χ2n) is 8.01. The van der Waals surface area contributed by atoms with Crippen molar-refractivity contribution in [3.05, 3.63) is 64.5 Å². The molecule has 0 spiro atoms. The Hall–Kier alpha value is -2.77. The van der Waals surface area contributed by atoms with Crippen LogP contribution in [0.5, 0.6) is 0 Å². The molecule has 7 heteroatoms. The number of amides is 1. The number of benzene rings is 2. The van der Waals surface area contributed by atoms with E-state index in [0.29, 0.717) is 17.4 Å². The number of aromatic nitrogens is 2. The average molecular weight is 424 g/mol. The fraction of sp³-hybridized carbons (Fsp3) is 0.348. The Labute approximate surface area is 181 Å². The van der Waals surface area contributed by atoms with Crippen molar-refractivity contribution in [2.75, 3.05) is 18.4 Å². The van der Waals surface area contributed by atoms with Crippen molar-refractivity contribution in [1.82, 2.24) is 9.78 Å². The molecule has 4 rings (SSSR count). The Balaban J connectivity index is 1.35. The lowest BCUT2D eigenvalue weighted by atomic mass is 9.96. The summed E-state index contributed by atoms with van der Waals surface area (Å²) in [4.78, 5) is 14.3. The molecule has 2 aromatic carbocycles. The molecule has 0 bridgehead atoms. The monoisotopic (exact) mass is 423 g/mol. The van der Waals surface area contributed by atoms with Crippen LogP contribution in [-0.4, -0.2) is 28.8 Å². The van der Waals surface area contributed by atoms with Crippen LogP contribution < -0.4 is 10.2 Å². The van der Waals surface area contributed by atoms with Crippen LogP contribution in [0, 0.1) is 24.6 Å². The van der Waals surface area contributed by atoms with E-state index in [1.54, 1.807) is 4.68 Å². The first kappa shape index (κ1) is 20.5. The highest BCUT2D eigenvalue weighted by Gasteiger charge is 2.28. The summed E-state index contributed by atoms with van der Waals surface area (Å²) in [6.45, 7) is 6.62. The van der Waals surface area contributed by atoms with Gasteiger partial charge in [-0.2, -0.15) is 4.68 Å². The molecule has 0 unspecified atom stereocenters. The molecular weight excluding hydrogens is 396 g/mol. The summed E-state index contributed by atoms with van der Waals surface area (Å²) in [6, 6.07) is 15.8. The normalized spacial score (nSPS) is 18.9. The van der Waals surface area contributed by atoms with Gasteiger partial charge in [-0.1, -0.05) is 24.3 Å². The molecule has 1 amide bonds. The number of carbonyl (C=O) groups excluding carboxylic acids is 1. The van der Waals surface area contributed by atoms with Crippen LogP contribution in [0.3, 0.4) is 0 Å². The number of nitrogens with zero attached hydrogens (tertiary/aromatic N) is 2. The van der Waals surface area contributed by atoms with Crippen LogP contribution in [0.15, 0.2) is 52.9 Å². The van der Waals surface area contributed by atoms with E-state index >= 15 is 0 Å². The Morgan fingerprint density at radius 2 is 1.90 bits per heavy atom. The number of carbonyl (C=O) groups is 1. The largest absolute Gasteiger partial charge is 0.409 e. The molecule has 1 fully saturated rings. The number of aryl methyl sites for hydroxylation is 2. The summed E-state index contributed by atoms with van der Waals surface area (Å²) in [7, 11) is 0. The standard InChI is InChI=1S/C23H26N4O2S/c1-16-8-9-19(14-17(16)2)22-25-27(23(30)29-22)15-26-12-10-18(11-13-26)21(28)24-20-6-4-3-5-7-20/h3-9,14,18H,10-13,15H2,1-2H3,(H,24,28)/p+1. The maximum absolute atomic E-state index is 12.5. The van der Waals surface area contributed by atoms with Gasteiger partial charge in [0.05, 0.1) is 13.1 Å². The number of hydrogen-bond donors (Lipinski definition) is 2. The number of hydrogen-bond acceptors (Lipinski definition) is 4. The summed E-state index contributed by atoms with van der Waals surface area (Å²) >= 11 is 5.39. The third kappa shape index (κ3) is 4.68. The lowest BCUT2D eigenvalue weighted by molar-refractivity contribution is -0.929. The molecule has 0 saturated carbocycles. The van der Waals surface area contributed by atoms with Gasteiger partial charge in [-0.25, -0.2) is 0 Å². The number of piperidine rings is 1. The van der Waals surface area contributed by atoms with E-state index in [9.17, 15) is 4.79 Å². The van der Waals surface area contributed by atoms with Crippen LogP contribution in [0.25, 0.3) is 11.5 Å². The molecule has 2 N–H and O–H groups in total. The maximum atomic E-state index is 12.5. The number of anilines is 1. The predicted octanol–water partition coefficient (Wildman–Crippen LogP) is 3.38. The van der Waals surface area contributed by atoms with Gasteiger partial charge in [-0.05, 0) is 61.5 Å². The number of rotatable bonds is 5. The molecule has 156 valence electrons. The molecule has 1 aliphatic rings. The van der Waals surface area contributed by atoms with Gasteiger partial charge >= 0.3 is 0 Å². The van der Waals surface area contributed by atoms with Crippen molar-refractivity contribution in [3.8, 4) is 11.5 Å². The molecular formula is C23H27N4O2S+. The van der Waals surface area contributed by atoms with E-state index in [4.69, 9.17) is 16.6 Å². The molecule has 1 aliphatic heterocycles. The van der Waals surface area contributed by atoms with E-state index < -0.39 is 0 Å². The topological polar surface area (TPSA) is 64.5 Å². The van der Waals surface area contributed by atoms with E-state index in [2.05, 4.69) is 36.4 Å². The minimum atomic E-state index is 0.0466. The van der Waals surface area contributed by atoms with E-state index in [-0.39, 0.29) is 11.8 Å². The number of para-hydroxylation sites is 1. The molecule has 0 aliphatic carbocycles. The second-order valence-corrected chi connectivity index (χ2v) is 8.36. The highest BCUT2D eigenvalue weighted by atomic mass is 32.1. The minimum absolute atomic E-state index is 0.0466. The van der Waals surface area contributed by atoms with Gasteiger partial charge in [0.15, 0.2) is 6.67 Å². The van der Waals surface area contributed by atoms with Crippen molar-refractivity contribution in [3.63, 3.8) is 0 Å². The second kappa shape index (κ2) is 8.93. The summed E-state index contributed by atoms with van der Waals surface area (Å²) in [5, 5.41) is 7.62. The Bertz CT molecular complexity index is 1080. The molecule has 0 atom stereocenters. The van der Waals surface area contributed by atoms with Gasteiger partial charge in [0.2, 0.25) is 11.8 Å². The molecule has 1 saturated heterocycles. The van der Waals surface area contributed by atoms with Gasteiger partial charge in [-0.3, -0.25) is 4.79 Å². The molecule has 3 aromatic rings. The first-order chi connectivity index (χ1) is 14.5. The van der Waals surface area contributed by atoms with Crippen LogP contribution in [-0.2, 0) is 11.5 Å². The van der Waals surface area contributed by atoms with Crippen molar-refractivity contribution < 1.29 is 14.1 Å². The fourth-order valence-corrected chi connectivity index (χ4v) is 4.01. The molecule has 1 aromatic heterocycles. The van der Waals surface area contributed by atoms with Gasteiger partial charge in [0, 0.05) is 30.0 Å². The summed E-state index contributed by atoms with van der Waals surface area (Å²) in [5.41, 5.74) is 4.23. The zero-order valence-corrected chi connectivity index (χ0v) is 18.2. The zero-order valence-electron chi connectivity index (χ0n) is 17.4. The third-order valence-electron chi connectivity index (χ3n) is 5.84. The highest BCUT2D eigenvalue weighted by Crippen LogP contribution is 2.21. The molecule has 2 heterocycles. The van der Waals surface area contributed by atoms with Crippen molar-refractivity contribution >= 4 is 23.8 Å². The van der Waals surface area contributed by atoms with Crippen LogP contribution >= 0.6 is 12.2 Å². The van der Waals surface area contributed by atoms with Crippen LogP contribution in [0.4, 0.5) is 5.69 Å². The third-order valence-corrected chi connectivity index (χ3v) is 6.13. The van der Waals surface area contributed by atoms with Crippen molar-refractivity contribution in [2.24, 2.45) is 5.92 Å². The average Bonchev–Trinajstić information content (AvgIpc) is 3.11. The Morgan fingerprint density at radius 1 is 1.17 bits per heavy atom. The van der Waals surface area contributed by atoms with Gasteiger partial charge in [0.1, 0.15) is 0 Å². The van der Waals surface area contributed by atoms with Gasteiger partial charge in [0.25, 0.3) is 4.84 Å². The minimum Gasteiger partial charge on any atom is -0.409 e. The first-order valence-corrected chi connectivity index (χ1v) is 10.8. The SMILES string of the molecule is Cc1ccc(-c2nn(C[NH+]3CCC(C(=O)Nc4ccccc4)CC3)c(=S)o2)cc1C. The van der Waals surface area contributed by atoms with E-state index in [1.807, 2.05) is 36.4 Å². The first-order valence-electron chi connectivity index (χ1n) is 10.3. The van der Waals surface area contributed by atoms with E-state index in [1.165, 1.54) is 16.0 Å². The summed E-state index contributed by atoms with van der Waals surface area (Å²) in [5.74, 6) is 0.709. The predicted molar refractivity (Wildman–Crippen MR) is 119 cm³/mol. The molecule has 6 nitrogen and oxygen atoms in total. The Morgan fingerprint density at radius 3 is 2.60 bits per heavy atom. The smallest absolute Gasteiger partial charge is 0.292 e. The van der Waals surface area contributed by atoms with E-state index in [0.717, 1.165) is 37.2 Å². The highest BCUT2D eigenvalue weighted by molar-refractivity contribution is 7.71. The lowest BCUT2D eigenvalue weighted by Gasteiger charge is -2.28. The van der Waals surface area contributed by atoms with Crippen LogP contribution in [0.2, 0.25) is 0 Å². The lowest BCUT2D eigenvalue weighted by Crippen LogP contribution is -3.12. The van der Waals surface area contributed by atoms with Gasteiger partial charge in [-0.15, -0.1) is 5.10 Å². The number of nitrogens with one attached hydrogen (secondary N) is 2. The van der Waals surface area contributed by atoms with Crippen molar-refractivity contribution in [2.45, 2.75) is 33.4 Å². The summed E-state index contributed by atoms with van der Waals surface area (Å²) in [6.07, 6.45) is 1.70. The van der Waals surface area contributed by atoms with Crippen molar-refractivity contribution in [1.29, 1.82) is 0 Å². The molecule has 0 radical (unpaired) electrons. The quantitative estimate of drug-likeness (QED) is 0.618. The number of quaternary nitrogens is 1.